The summed E-state index contributed by atoms with van der Waals surface area (Å²) in [6, 6.07) is 8.06. The van der Waals surface area contributed by atoms with Crippen molar-refractivity contribution in [3.8, 4) is 11.5 Å². The lowest BCUT2D eigenvalue weighted by atomic mass is 10.1. The SMILES string of the molecule is Cc1ccc(NC(=O)COC(=O)/C=C/c2cc3c(cc2[N+](=O)[O-])OCO3)cc1C. The van der Waals surface area contributed by atoms with E-state index in [1.54, 1.807) is 6.07 Å². The van der Waals surface area contributed by atoms with Crippen molar-refractivity contribution in [1.82, 2.24) is 0 Å². The van der Waals surface area contributed by atoms with Crippen molar-refractivity contribution in [3.63, 3.8) is 0 Å². The van der Waals surface area contributed by atoms with Crippen LogP contribution in [0.5, 0.6) is 11.5 Å². The second-order valence-corrected chi connectivity index (χ2v) is 6.31. The summed E-state index contributed by atoms with van der Waals surface area (Å²) in [5.74, 6) is -0.702. The molecule has 0 atom stereocenters. The lowest BCUT2D eigenvalue weighted by Crippen LogP contribution is -2.20. The van der Waals surface area contributed by atoms with E-state index >= 15 is 0 Å². The minimum absolute atomic E-state index is 0.0304. The Hall–Kier alpha value is -3.88. The van der Waals surface area contributed by atoms with Crippen molar-refractivity contribution in [2.45, 2.75) is 13.8 Å². The molecule has 1 N–H and O–H groups in total. The molecule has 3 rings (SSSR count). The molecule has 1 heterocycles. The summed E-state index contributed by atoms with van der Waals surface area (Å²) in [5.41, 5.74) is 2.62. The van der Waals surface area contributed by atoms with Crippen LogP contribution in [0.15, 0.2) is 36.4 Å². The highest BCUT2D eigenvalue weighted by atomic mass is 16.7. The van der Waals surface area contributed by atoms with E-state index in [0.717, 1.165) is 17.2 Å². The van der Waals surface area contributed by atoms with Crippen molar-refractivity contribution in [3.05, 3.63) is 63.2 Å². The van der Waals surface area contributed by atoms with Crippen LogP contribution >= 0.6 is 0 Å². The number of carbonyl (C=O) groups excluding carboxylic acids is 2. The molecule has 0 bridgehead atoms. The normalized spacial score (nSPS) is 12.1. The Morgan fingerprint density at radius 1 is 1.17 bits per heavy atom. The molecule has 150 valence electrons. The third-order valence-electron chi connectivity index (χ3n) is 4.25. The minimum atomic E-state index is -0.813. The largest absolute Gasteiger partial charge is 0.454 e. The number of esters is 1. The lowest BCUT2D eigenvalue weighted by molar-refractivity contribution is -0.385. The molecule has 0 radical (unpaired) electrons. The molecule has 2 aromatic rings. The first-order valence-corrected chi connectivity index (χ1v) is 8.63. The molecule has 29 heavy (non-hydrogen) atoms. The van der Waals surface area contributed by atoms with Gasteiger partial charge in [-0.15, -0.1) is 0 Å². The first-order chi connectivity index (χ1) is 13.8. The van der Waals surface area contributed by atoms with Gasteiger partial charge in [-0.1, -0.05) is 6.07 Å². The number of fused-ring (bicyclic) bond motifs is 1. The zero-order chi connectivity index (χ0) is 21.0. The molecule has 1 amide bonds. The summed E-state index contributed by atoms with van der Waals surface area (Å²) >= 11 is 0. The second-order valence-electron chi connectivity index (χ2n) is 6.31. The smallest absolute Gasteiger partial charge is 0.331 e. The van der Waals surface area contributed by atoms with Crippen molar-refractivity contribution in [2.24, 2.45) is 0 Å². The van der Waals surface area contributed by atoms with E-state index < -0.39 is 23.4 Å². The number of ether oxygens (including phenoxy) is 3. The molecular weight excluding hydrogens is 380 g/mol. The third-order valence-corrected chi connectivity index (χ3v) is 4.25. The Balaban J connectivity index is 1.59. The number of nitro groups is 1. The van der Waals surface area contributed by atoms with Gasteiger partial charge in [-0.05, 0) is 49.2 Å². The van der Waals surface area contributed by atoms with Crippen molar-refractivity contribution in [1.29, 1.82) is 0 Å². The van der Waals surface area contributed by atoms with Crippen LogP contribution < -0.4 is 14.8 Å². The molecule has 0 fully saturated rings. The number of nitro benzene ring substituents is 1. The van der Waals surface area contributed by atoms with Gasteiger partial charge in [0, 0.05) is 11.8 Å². The minimum Gasteiger partial charge on any atom is -0.454 e. The summed E-state index contributed by atoms with van der Waals surface area (Å²) in [6.07, 6.45) is 2.23. The van der Waals surface area contributed by atoms with Gasteiger partial charge in [-0.2, -0.15) is 0 Å². The number of aryl methyl sites for hydroxylation is 2. The van der Waals surface area contributed by atoms with Gasteiger partial charge >= 0.3 is 5.97 Å². The standard InChI is InChI=1S/C20H18N2O7/c1-12-3-5-15(7-13(12)2)21-19(23)10-27-20(24)6-4-14-8-17-18(29-11-28-17)9-16(14)22(25)26/h3-9H,10-11H2,1-2H3,(H,21,23)/b6-4+. The van der Waals surface area contributed by atoms with E-state index in [1.807, 2.05) is 26.0 Å². The first-order valence-electron chi connectivity index (χ1n) is 8.63. The highest BCUT2D eigenvalue weighted by molar-refractivity contribution is 5.95. The zero-order valence-electron chi connectivity index (χ0n) is 15.8. The number of amides is 1. The Labute approximate surface area is 166 Å². The van der Waals surface area contributed by atoms with Gasteiger partial charge in [0.15, 0.2) is 18.1 Å². The fraction of sp³-hybridized carbons (Fsp3) is 0.200. The van der Waals surface area contributed by atoms with E-state index in [1.165, 1.54) is 18.2 Å². The van der Waals surface area contributed by atoms with Crippen molar-refractivity contribution in [2.75, 3.05) is 18.7 Å². The summed E-state index contributed by atoms with van der Waals surface area (Å²) in [6.45, 7) is 3.36. The van der Waals surface area contributed by atoms with Gasteiger partial charge in [0.25, 0.3) is 11.6 Å². The summed E-state index contributed by atoms with van der Waals surface area (Å²) < 4.78 is 15.2. The molecule has 0 saturated carbocycles. The van der Waals surface area contributed by atoms with Crippen LogP contribution in [0.3, 0.4) is 0 Å². The van der Waals surface area contributed by atoms with Gasteiger partial charge in [0.2, 0.25) is 6.79 Å². The van der Waals surface area contributed by atoms with Crippen LogP contribution in [0.4, 0.5) is 11.4 Å². The zero-order valence-corrected chi connectivity index (χ0v) is 15.8. The third kappa shape index (κ3) is 4.89. The lowest BCUT2D eigenvalue weighted by Gasteiger charge is -2.07. The number of hydrogen-bond acceptors (Lipinski definition) is 7. The molecule has 1 aliphatic heterocycles. The van der Waals surface area contributed by atoms with Crippen LogP contribution in [0.25, 0.3) is 6.08 Å². The van der Waals surface area contributed by atoms with E-state index in [-0.39, 0.29) is 23.8 Å². The fourth-order valence-electron chi connectivity index (χ4n) is 2.60. The molecule has 0 spiro atoms. The van der Waals surface area contributed by atoms with Crippen LogP contribution in [-0.2, 0) is 14.3 Å². The number of nitrogens with one attached hydrogen (secondary N) is 1. The Bertz CT molecular complexity index is 1010. The summed E-state index contributed by atoms with van der Waals surface area (Å²) in [7, 11) is 0. The Morgan fingerprint density at radius 3 is 2.59 bits per heavy atom. The molecule has 0 aromatic heterocycles. The molecule has 2 aromatic carbocycles. The van der Waals surface area contributed by atoms with Crippen LogP contribution in [-0.4, -0.2) is 30.2 Å². The monoisotopic (exact) mass is 398 g/mol. The maximum absolute atomic E-state index is 11.9. The molecule has 1 aliphatic rings. The highest BCUT2D eigenvalue weighted by Gasteiger charge is 2.22. The number of nitrogens with zero attached hydrogens (tertiary/aromatic N) is 1. The molecule has 9 nitrogen and oxygen atoms in total. The molecule has 0 aliphatic carbocycles. The molecule has 0 saturated heterocycles. The topological polar surface area (TPSA) is 117 Å². The maximum Gasteiger partial charge on any atom is 0.331 e. The average molecular weight is 398 g/mol. The second kappa shape index (κ2) is 8.42. The number of benzene rings is 2. The number of carbonyl (C=O) groups is 2. The van der Waals surface area contributed by atoms with E-state index in [0.29, 0.717) is 11.4 Å². The van der Waals surface area contributed by atoms with Crippen LogP contribution in [0, 0.1) is 24.0 Å². The molecular formula is C20H18N2O7. The fourth-order valence-corrected chi connectivity index (χ4v) is 2.60. The first kappa shape index (κ1) is 19.9. The van der Waals surface area contributed by atoms with Gasteiger partial charge < -0.3 is 19.5 Å². The van der Waals surface area contributed by atoms with Gasteiger partial charge in [0.05, 0.1) is 16.6 Å². The number of anilines is 1. The predicted octanol–water partition coefficient (Wildman–Crippen LogP) is 3.14. The maximum atomic E-state index is 11.9. The van der Waals surface area contributed by atoms with Crippen LogP contribution in [0.1, 0.15) is 16.7 Å². The van der Waals surface area contributed by atoms with Crippen molar-refractivity contribution >= 4 is 29.3 Å². The van der Waals surface area contributed by atoms with Gasteiger partial charge in [-0.3, -0.25) is 14.9 Å². The van der Waals surface area contributed by atoms with E-state index in [9.17, 15) is 19.7 Å². The van der Waals surface area contributed by atoms with Gasteiger partial charge in [-0.25, -0.2) is 4.79 Å². The van der Waals surface area contributed by atoms with E-state index in [2.05, 4.69) is 5.32 Å². The Morgan fingerprint density at radius 2 is 1.90 bits per heavy atom. The van der Waals surface area contributed by atoms with Crippen LogP contribution in [0.2, 0.25) is 0 Å². The van der Waals surface area contributed by atoms with E-state index in [4.69, 9.17) is 14.2 Å². The number of hydrogen-bond donors (Lipinski definition) is 1. The summed E-state index contributed by atoms with van der Waals surface area (Å²) in [4.78, 5) is 34.4. The van der Waals surface area contributed by atoms with Gasteiger partial charge in [0.1, 0.15) is 0 Å². The molecule has 9 heteroatoms. The van der Waals surface area contributed by atoms with Crippen molar-refractivity contribution < 1.29 is 28.7 Å². The molecule has 0 unspecified atom stereocenters. The highest BCUT2D eigenvalue weighted by Crippen LogP contribution is 2.38. The number of rotatable bonds is 6. The predicted molar refractivity (Wildman–Crippen MR) is 104 cm³/mol. The average Bonchev–Trinajstić information content (AvgIpc) is 3.14. The Kier molecular flexibility index (Phi) is 5.77. The summed E-state index contributed by atoms with van der Waals surface area (Å²) in [5, 5.41) is 13.8. The quantitative estimate of drug-likeness (QED) is 0.344.